The van der Waals surface area contributed by atoms with Gasteiger partial charge < -0.3 is 14.8 Å². The molecule has 2 heterocycles. The lowest BCUT2D eigenvalue weighted by Gasteiger charge is -2.19. The van der Waals surface area contributed by atoms with Crippen LogP contribution in [0.15, 0.2) is 42.7 Å². The maximum absolute atomic E-state index is 13.2. The zero-order valence-corrected chi connectivity index (χ0v) is 15.1. The molecule has 0 saturated carbocycles. The first-order valence-corrected chi connectivity index (χ1v) is 8.70. The summed E-state index contributed by atoms with van der Waals surface area (Å²) < 4.78 is 13.0. The highest BCUT2D eigenvalue weighted by atomic mass is 32.1. The molecule has 1 aliphatic rings. The summed E-state index contributed by atoms with van der Waals surface area (Å²) >= 11 is 5.49. The van der Waals surface area contributed by atoms with Crippen molar-refractivity contribution in [1.29, 1.82) is 0 Å². The number of aromatic nitrogens is 1. The average Bonchev–Trinajstić information content (AvgIpc) is 2.62. The molecule has 0 fully saturated rings. The normalized spacial score (nSPS) is 13.8. The number of carbonyl (C=O) groups excluding carboxylic acids is 1. The van der Waals surface area contributed by atoms with Crippen LogP contribution in [-0.4, -0.2) is 30.5 Å². The standard InChI is InChI=1S/C19H20N2O3S/c1-3-20-19(25)17(21-8-4-5-13(2)12-21)18(22)14-6-7-15-16(11-14)24-10-9-23-15/h4-8,11-12,17H,3,9-10H2,1-2H3/p+1. The minimum atomic E-state index is -0.600. The summed E-state index contributed by atoms with van der Waals surface area (Å²) in [5, 5.41) is 3.11. The summed E-state index contributed by atoms with van der Waals surface area (Å²) in [4.78, 5) is 13.7. The Labute approximate surface area is 152 Å². The van der Waals surface area contributed by atoms with Crippen LogP contribution in [0.5, 0.6) is 11.5 Å². The number of nitrogens with one attached hydrogen (secondary N) is 1. The molecule has 0 aliphatic carbocycles. The number of thiocarbonyl (C=S) groups is 1. The van der Waals surface area contributed by atoms with E-state index >= 15 is 0 Å². The number of rotatable bonds is 5. The van der Waals surface area contributed by atoms with Gasteiger partial charge in [0.1, 0.15) is 13.2 Å². The van der Waals surface area contributed by atoms with E-state index in [1.807, 2.05) is 42.9 Å². The van der Waals surface area contributed by atoms with E-state index in [0.717, 1.165) is 5.56 Å². The third-order valence-electron chi connectivity index (χ3n) is 3.94. The third-order valence-corrected chi connectivity index (χ3v) is 4.31. The van der Waals surface area contributed by atoms with Crippen LogP contribution in [0.3, 0.4) is 0 Å². The van der Waals surface area contributed by atoms with E-state index in [-0.39, 0.29) is 5.78 Å². The van der Waals surface area contributed by atoms with Crippen LogP contribution in [0.4, 0.5) is 0 Å². The van der Waals surface area contributed by atoms with Crippen LogP contribution in [-0.2, 0) is 0 Å². The number of carbonyl (C=O) groups is 1. The van der Waals surface area contributed by atoms with Gasteiger partial charge in [0.2, 0.25) is 5.78 Å². The summed E-state index contributed by atoms with van der Waals surface area (Å²) in [6.07, 6.45) is 3.78. The van der Waals surface area contributed by atoms with Crippen molar-refractivity contribution in [2.75, 3.05) is 19.8 Å². The van der Waals surface area contributed by atoms with Gasteiger partial charge in [-0.15, -0.1) is 0 Å². The van der Waals surface area contributed by atoms with Crippen LogP contribution in [0, 0.1) is 6.92 Å². The fraction of sp³-hybridized carbons (Fsp3) is 0.316. The SMILES string of the molecule is CCNC(=S)C(C(=O)c1ccc2c(c1)OCCO2)[n+]1cccc(C)c1. The Morgan fingerprint density at radius 1 is 1.28 bits per heavy atom. The minimum absolute atomic E-state index is 0.0847. The Morgan fingerprint density at radius 3 is 2.76 bits per heavy atom. The molecule has 0 amide bonds. The molecule has 0 bridgehead atoms. The lowest BCUT2D eigenvalue weighted by molar-refractivity contribution is -0.692. The fourth-order valence-electron chi connectivity index (χ4n) is 2.79. The second-order valence-corrected chi connectivity index (χ2v) is 6.29. The predicted molar refractivity (Wildman–Crippen MR) is 98.4 cm³/mol. The van der Waals surface area contributed by atoms with Crippen molar-refractivity contribution in [1.82, 2.24) is 5.32 Å². The van der Waals surface area contributed by atoms with E-state index in [1.54, 1.807) is 18.2 Å². The molecule has 1 aromatic carbocycles. The Bertz CT molecular complexity index is 807. The zero-order chi connectivity index (χ0) is 17.8. The van der Waals surface area contributed by atoms with E-state index in [1.165, 1.54) is 0 Å². The number of nitrogens with zero attached hydrogens (tertiary/aromatic N) is 1. The number of hydrogen-bond donors (Lipinski definition) is 1. The average molecular weight is 357 g/mol. The number of ketones is 1. The van der Waals surface area contributed by atoms with Crippen molar-refractivity contribution >= 4 is 23.0 Å². The molecule has 0 saturated heterocycles. The number of hydrogen-bond acceptors (Lipinski definition) is 4. The minimum Gasteiger partial charge on any atom is -0.486 e. The molecule has 2 aromatic rings. The highest BCUT2D eigenvalue weighted by Crippen LogP contribution is 2.31. The largest absolute Gasteiger partial charge is 0.486 e. The molecule has 0 spiro atoms. The van der Waals surface area contributed by atoms with Gasteiger partial charge in [0.15, 0.2) is 28.9 Å². The molecule has 5 nitrogen and oxygen atoms in total. The second-order valence-electron chi connectivity index (χ2n) is 5.85. The Balaban J connectivity index is 1.98. The second kappa shape index (κ2) is 7.61. The predicted octanol–water partition coefficient (Wildman–Crippen LogP) is 2.41. The van der Waals surface area contributed by atoms with Crippen molar-refractivity contribution in [3.63, 3.8) is 0 Å². The molecular formula is C19H21N2O3S+. The first kappa shape index (κ1) is 17.4. The molecule has 1 aromatic heterocycles. The summed E-state index contributed by atoms with van der Waals surface area (Å²) in [7, 11) is 0. The summed E-state index contributed by atoms with van der Waals surface area (Å²) in [6, 6.07) is 8.56. The monoisotopic (exact) mass is 357 g/mol. The van der Waals surface area contributed by atoms with E-state index in [0.29, 0.717) is 41.8 Å². The highest BCUT2D eigenvalue weighted by molar-refractivity contribution is 7.80. The number of likely N-dealkylation sites (N-methyl/N-ethyl adjacent to an activating group) is 1. The fourth-order valence-corrected chi connectivity index (χ4v) is 3.16. The smallest absolute Gasteiger partial charge is 0.270 e. The lowest BCUT2D eigenvalue weighted by Crippen LogP contribution is -2.51. The molecule has 25 heavy (non-hydrogen) atoms. The van der Waals surface area contributed by atoms with Gasteiger partial charge in [-0.25, -0.2) is 0 Å². The Hall–Kier alpha value is -2.47. The molecule has 130 valence electrons. The quantitative estimate of drug-likeness (QED) is 0.506. The number of pyridine rings is 1. The number of fused-ring (bicyclic) bond motifs is 1. The van der Waals surface area contributed by atoms with Crippen molar-refractivity contribution in [2.24, 2.45) is 0 Å². The topological polar surface area (TPSA) is 51.4 Å². The van der Waals surface area contributed by atoms with Crippen molar-refractivity contribution < 1.29 is 18.8 Å². The van der Waals surface area contributed by atoms with E-state index < -0.39 is 6.04 Å². The Kier molecular flexibility index (Phi) is 5.28. The van der Waals surface area contributed by atoms with Gasteiger partial charge in [-0.1, -0.05) is 12.2 Å². The van der Waals surface area contributed by atoms with Gasteiger partial charge in [0.25, 0.3) is 6.04 Å². The zero-order valence-electron chi connectivity index (χ0n) is 14.3. The number of Topliss-reactive ketones (excluding diaryl/α,β-unsaturated/α-hetero) is 1. The maximum atomic E-state index is 13.2. The molecule has 1 N–H and O–H groups in total. The van der Waals surface area contributed by atoms with E-state index in [4.69, 9.17) is 21.7 Å². The number of benzene rings is 1. The van der Waals surface area contributed by atoms with Gasteiger partial charge in [-0.05, 0) is 38.1 Å². The lowest BCUT2D eigenvalue weighted by atomic mass is 10.0. The summed E-state index contributed by atoms with van der Waals surface area (Å²) in [5.41, 5.74) is 1.60. The number of ether oxygens (including phenoxy) is 2. The first-order valence-electron chi connectivity index (χ1n) is 8.29. The van der Waals surface area contributed by atoms with Crippen LogP contribution in [0.2, 0.25) is 0 Å². The molecule has 1 unspecified atom stereocenters. The molecule has 1 atom stereocenters. The summed E-state index contributed by atoms with van der Waals surface area (Å²) in [5.74, 6) is 1.18. The van der Waals surface area contributed by atoms with Gasteiger partial charge in [0, 0.05) is 23.7 Å². The molecule has 3 rings (SSSR count). The van der Waals surface area contributed by atoms with Crippen LogP contribution in [0.1, 0.15) is 28.9 Å². The van der Waals surface area contributed by atoms with Gasteiger partial charge in [-0.3, -0.25) is 4.79 Å². The van der Waals surface area contributed by atoms with Gasteiger partial charge in [-0.2, -0.15) is 4.57 Å². The van der Waals surface area contributed by atoms with Gasteiger partial charge in [0.05, 0.1) is 0 Å². The number of aryl methyl sites for hydroxylation is 1. The first-order chi connectivity index (χ1) is 12.1. The third kappa shape index (κ3) is 3.79. The molecular weight excluding hydrogens is 336 g/mol. The Morgan fingerprint density at radius 2 is 2.04 bits per heavy atom. The van der Waals surface area contributed by atoms with Gasteiger partial charge >= 0.3 is 0 Å². The van der Waals surface area contributed by atoms with Crippen molar-refractivity contribution in [2.45, 2.75) is 19.9 Å². The molecule has 1 aliphatic heterocycles. The van der Waals surface area contributed by atoms with E-state index in [2.05, 4.69) is 5.32 Å². The van der Waals surface area contributed by atoms with Crippen molar-refractivity contribution in [3.8, 4) is 11.5 Å². The summed E-state index contributed by atoms with van der Waals surface area (Å²) in [6.45, 7) is 5.61. The molecule has 6 heteroatoms. The molecule has 0 radical (unpaired) electrons. The van der Waals surface area contributed by atoms with Crippen LogP contribution >= 0.6 is 12.2 Å². The van der Waals surface area contributed by atoms with Crippen molar-refractivity contribution in [3.05, 3.63) is 53.9 Å². The van der Waals surface area contributed by atoms with Crippen LogP contribution < -0.4 is 19.4 Å². The maximum Gasteiger partial charge on any atom is 0.270 e. The van der Waals surface area contributed by atoms with Crippen LogP contribution in [0.25, 0.3) is 0 Å². The van der Waals surface area contributed by atoms with E-state index in [9.17, 15) is 4.79 Å². The highest BCUT2D eigenvalue weighted by Gasteiger charge is 2.33.